The Morgan fingerprint density at radius 2 is 2.20 bits per heavy atom. The van der Waals surface area contributed by atoms with Crippen LogP contribution < -0.4 is 0 Å². The average Bonchev–Trinajstić information content (AvgIpc) is 1.88. The molecule has 3 heteroatoms. The van der Waals surface area contributed by atoms with Crippen molar-refractivity contribution in [3.63, 3.8) is 0 Å². The van der Waals surface area contributed by atoms with Gasteiger partial charge < -0.3 is 0 Å². The van der Waals surface area contributed by atoms with Gasteiger partial charge in [0.2, 0.25) is 0 Å². The van der Waals surface area contributed by atoms with Gasteiger partial charge in [0, 0.05) is 8.47 Å². The van der Waals surface area contributed by atoms with E-state index < -0.39 is 0 Å². The first-order valence-corrected chi connectivity index (χ1v) is 5.03. The highest BCUT2D eigenvalue weighted by atomic mass is 127. The van der Waals surface area contributed by atoms with Crippen molar-refractivity contribution in [3.05, 3.63) is 27.6 Å². The third-order valence-corrected chi connectivity index (χ3v) is 2.56. The van der Waals surface area contributed by atoms with Crippen molar-refractivity contribution < 1.29 is 4.39 Å². The Morgan fingerprint density at radius 1 is 1.50 bits per heavy atom. The smallest absolute Gasteiger partial charge is 0.137 e. The zero-order valence-corrected chi connectivity index (χ0v) is 8.37. The molecule has 54 valence electrons. The molecule has 0 unspecified atom stereocenters. The summed E-state index contributed by atoms with van der Waals surface area (Å²) in [7, 11) is 0. The molecule has 0 atom stereocenters. The van der Waals surface area contributed by atoms with Gasteiger partial charge in [-0.2, -0.15) is 0 Å². The molecule has 0 aliphatic rings. The Labute approximate surface area is 77.3 Å². The molecular formula is C7H6FIS. The molecule has 10 heavy (non-hydrogen) atoms. The van der Waals surface area contributed by atoms with Gasteiger partial charge in [-0.05, 0) is 47.0 Å². The van der Waals surface area contributed by atoms with E-state index in [-0.39, 0.29) is 5.82 Å². The maximum atomic E-state index is 12.8. The van der Waals surface area contributed by atoms with Gasteiger partial charge >= 0.3 is 0 Å². The van der Waals surface area contributed by atoms with E-state index in [9.17, 15) is 4.39 Å². The quantitative estimate of drug-likeness (QED) is 0.557. The van der Waals surface area contributed by atoms with Gasteiger partial charge in [0.05, 0.1) is 0 Å². The minimum Gasteiger partial charge on any atom is -0.206 e. The summed E-state index contributed by atoms with van der Waals surface area (Å²) in [5.41, 5.74) is 0. The third kappa shape index (κ3) is 1.85. The lowest BCUT2D eigenvalue weighted by molar-refractivity contribution is 0.601. The Kier molecular flexibility index (Phi) is 2.97. The number of hydrogen-bond donors (Lipinski definition) is 0. The summed E-state index contributed by atoms with van der Waals surface area (Å²) in [5, 5.41) is 0. The Bertz CT molecular complexity index is 237. The standard InChI is InChI=1S/C7H6FIS/c1-10-7-3-2-5(9)4-6(7)8/h2-4H,1H3. The van der Waals surface area contributed by atoms with E-state index in [1.165, 1.54) is 17.8 Å². The van der Waals surface area contributed by atoms with Crippen molar-refractivity contribution in [1.29, 1.82) is 0 Å². The van der Waals surface area contributed by atoms with Crippen LogP contribution in [0.3, 0.4) is 0 Å². The van der Waals surface area contributed by atoms with Crippen LogP contribution in [0.15, 0.2) is 23.1 Å². The van der Waals surface area contributed by atoms with Crippen LogP contribution in [0, 0.1) is 9.39 Å². The SMILES string of the molecule is CSc1ccc(I)cc1F. The number of thioether (sulfide) groups is 1. The molecule has 0 aliphatic carbocycles. The summed E-state index contributed by atoms with van der Waals surface area (Å²) < 4.78 is 13.8. The molecule has 0 aromatic heterocycles. The summed E-state index contributed by atoms with van der Waals surface area (Å²) in [4.78, 5) is 0.709. The van der Waals surface area contributed by atoms with Crippen LogP contribution in [0.2, 0.25) is 0 Å². The van der Waals surface area contributed by atoms with E-state index in [0.29, 0.717) is 4.90 Å². The summed E-state index contributed by atoms with van der Waals surface area (Å²) in [5.74, 6) is -0.126. The van der Waals surface area contributed by atoms with Gasteiger partial charge in [-0.25, -0.2) is 4.39 Å². The molecule has 0 saturated heterocycles. The number of rotatable bonds is 1. The van der Waals surface area contributed by atoms with Crippen LogP contribution in [0.4, 0.5) is 4.39 Å². The van der Waals surface area contributed by atoms with Crippen molar-refractivity contribution in [3.8, 4) is 0 Å². The van der Waals surface area contributed by atoms with Crippen LogP contribution in [-0.2, 0) is 0 Å². The van der Waals surface area contributed by atoms with E-state index in [1.54, 1.807) is 6.07 Å². The summed E-state index contributed by atoms with van der Waals surface area (Å²) in [6, 6.07) is 5.23. The van der Waals surface area contributed by atoms with Crippen molar-refractivity contribution in [2.24, 2.45) is 0 Å². The van der Waals surface area contributed by atoms with Gasteiger partial charge in [-0.3, -0.25) is 0 Å². The first-order chi connectivity index (χ1) is 4.74. The molecule has 0 N–H and O–H groups in total. The van der Waals surface area contributed by atoms with Gasteiger partial charge in [-0.15, -0.1) is 11.8 Å². The monoisotopic (exact) mass is 268 g/mol. The van der Waals surface area contributed by atoms with E-state index in [1.807, 2.05) is 12.3 Å². The highest BCUT2D eigenvalue weighted by Gasteiger charge is 1.98. The second-order valence-corrected chi connectivity index (χ2v) is 3.87. The van der Waals surface area contributed by atoms with Crippen molar-refractivity contribution in [2.45, 2.75) is 4.90 Å². The average molecular weight is 268 g/mol. The summed E-state index contributed by atoms with van der Waals surface area (Å²) in [6.45, 7) is 0. The van der Waals surface area contributed by atoms with Crippen LogP contribution in [0.5, 0.6) is 0 Å². The fraction of sp³-hybridized carbons (Fsp3) is 0.143. The molecule has 0 radical (unpaired) electrons. The molecule has 0 bridgehead atoms. The van der Waals surface area contributed by atoms with E-state index >= 15 is 0 Å². The van der Waals surface area contributed by atoms with E-state index in [4.69, 9.17) is 0 Å². The second-order valence-electron chi connectivity index (χ2n) is 1.78. The maximum absolute atomic E-state index is 12.8. The van der Waals surface area contributed by atoms with E-state index in [0.717, 1.165) is 3.57 Å². The van der Waals surface area contributed by atoms with Crippen LogP contribution in [0.1, 0.15) is 0 Å². The van der Waals surface area contributed by atoms with Crippen LogP contribution in [0.25, 0.3) is 0 Å². The molecule has 0 saturated carbocycles. The van der Waals surface area contributed by atoms with Crippen LogP contribution in [-0.4, -0.2) is 6.26 Å². The zero-order valence-electron chi connectivity index (χ0n) is 5.40. The fourth-order valence-corrected chi connectivity index (χ4v) is 1.55. The predicted octanol–water partition coefficient (Wildman–Crippen LogP) is 3.15. The Balaban J connectivity index is 3.07. The molecule has 0 fully saturated rings. The lowest BCUT2D eigenvalue weighted by Gasteiger charge is -1.97. The molecular weight excluding hydrogens is 262 g/mol. The van der Waals surface area contributed by atoms with Crippen molar-refractivity contribution in [1.82, 2.24) is 0 Å². The number of halogens is 2. The lowest BCUT2D eigenvalue weighted by Crippen LogP contribution is -1.80. The Hall–Kier alpha value is 0.230. The topological polar surface area (TPSA) is 0 Å². The molecule has 0 amide bonds. The molecule has 0 nitrogen and oxygen atoms in total. The molecule has 0 aliphatic heterocycles. The minimum absolute atomic E-state index is 0.126. The highest BCUT2D eigenvalue weighted by molar-refractivity contribution is 14.1. The first kappa shape index (κ1) is 8.33. The maximum Gasteiger partial charge on any atom is 0.137 e. The Morgan fingerprint density at radius 3 is 2.70 bits per heavy atom. The largest absolute Gasteiger partial charge is 0.206 e. The van der Waals surface area contributed by atoms with Crippen molar-refractivity contribution in [2.75, 3.05) is 6.26 Å². The fourth-order valence-electron chi connectivity index (χ4n) is 0.641. The molecule has 0 heterocycles. The van der Waals surface area contributed by atoms with Gasteiger partial charge in [0.25, 0.3) is 0 Å². The lowest BCUT2D eigenvalue weighted by atomic mass is 10.3. The summed E-state index contributed by atoms with van der Waals surface area (Å²) >= 11 is 3.51. The predicted molar refractivity (Wildman–Crippen MR) is 50.9 cm³/mol. The number of hydrogen-bond acceptors (Lipinski definition) is 1. The zero-order chi connectivity index (χ0) is 7.56. The van der Waals surface area contributed by atoms with E-state index in [2.05, 4.69) is 22.6 Å². The minimum atomic E-state index is -0.126. The normalized spacial score (nSPS) is 9.90. The van der Waals surface area contributed by atoms with Gasteiger partial charge in [0.15, 0.2) is 0 Å². The first-order valence-electron chi connectivity index (χ1n) is 2.73. The van der Waals surface area contributed by atoms with Gasteiger partial charge in [0.1, 0.15) is 5.82 Å². The van der Waals surface area contributed by atoms with Crippen molar-refractivity contribution >= 4 is 34.4 Å². The third-order valence-electron chi connectivity index (χ3n) is 1.11. The molecule has 1 aromatic rings. The van der Waals surface area contributed by atoms with Gasteiger partial charge in [-0.1, -0.05) is 0 Å². The summed E-state index contributed by atoms with van der Waals surface area (Å²) in [6.07, 6.45) is 1.87. The molecule has 1 aromatic carbocycles. The number of benzene rings is 1. The molecule has 0 spiro atoms. The van der Waals surface area contributed by atoms with Crippen LogP contribution >= 0.6 is 34.4 Å². The highest BCUT2D eigenvalue weighted by Crippen LogP contribution is 2.20. The second kappa shape index (κ2) is 3.57. The molecule has 1 rings (SSSR count).